The number of anilines is 1. The predicted octanol–water partition coefficient (Wildman–Crippen LogP) is 6.72. The SMILES string of the molecule is CCOc1cc(/C=C2\C(=O)N(CC)c3ccccc32)ccc1OCc1cccc2ccccc12. The lowest BCUT2D eigenvalue weighted by molar-refractivity contribution is -0.112. The van der Waals surface area contributed by atoms with Crippen molar-refractivity contribution in [2.75, 3.05) is 18.1 Å². The molecule has 4 nitrogen and oxygen atoms in total. The van der Waals surface area contributed by atoms with Gasteiger partial charge in [0.05, 0.1) is 12.3 Å². The average molecular weight is 450 g/mol. The molecule has 1 amide bonds. The number of benzene rings is 4. The van der Waals surface area contributed by atoms with Crippen molar-refractivity contribution in [3.63, 3.8) is 0 Å². The number of fused-ring (bicyclic) bond motifs is 2. The Labute approximate surface area is 200 Å². The molecule has 0 bridgehead atoms. The van der Waals surface area contributed by atoms with Crippen molar-refractivity contribution in [3.05, 3.63) is 102 Å². The Balaban J connectivity index is 1.44. The first-order chi connectivity index (χ1) is 16.7. The van der Waals surface area contributed by atoms with Crippen LogP contribution in [-0.2, 0) is 11.4 Å². The summed E-state index contributed by atoms with van der Waals surface area (Å²) in [5, 5.41) is 2.38. The van der Waals surface area contributed by atoms with E-state index in [9.17, 15) is 4.79 Å². The van der Waals surface area contributed by atoms with E-state index in [4.69, 9.17) is 9.47 Å². The number of amides is 1. The number of likely N-dealkylation sites (N-methyl/N-ethyl adjacent to an activating group) is 1. The highest BCUT2D eigenvalue weighted by Gasteiger charge is 2.30. The maximum atomic E-state index is 13.0. The van der Waals surface area contributed by atoms with Gasteiger partial charge in [0, 0.05) is 17.7 Å². The van der Waals surface area contributed by atoms with E-state index in [0.717, 1.165) is 22.4 Å². The summed E-state index contributed by atoms with van der Waals surface area (Å²) < 4.78 is 12.1. The summed E-state index contributed by atoms with van der Waals surface area (Å²) >= 11 is 0. The molecule has 0 aromatic heterocycles. The summed E-state index contributed by atoms with van der Waals surface area (Å²) in [5.74, 6) is 1.38. The normalized spacial score (nSPS) is 14.0. The van der Waals surface area contributed by atoms with Gasteiger partial charge in [0.1, 0.15) is 6.61 Å². The lowest BCUT2D eigenvalue weighted by Crippen LogP contribution is -2.25. The monoisotopic (exact) mass is 449 g/mol. The molecule has 4 heteroatoms. The molecule has 34 heavy (non-hydrogen) atoms. The van der Waals surface area contributed by atoms with Crippen LogP contribution in [-0.4, -0.2) is 19.1 Å². The van der Waals surface area contributed by atoms with E-state index in [1.807, 2.05) is 79.4 Å². The van der Waals surface area contributed by atoms with Crippen LogP contribution in [0.3, 0.4) is 0 Å². The molecule has 4 aromatic rings. The van der Waals surface area contributed by atoms with E-state index < -0.39 is 0 Å². The van der Waals surface area contributed by atoms with Crippen LogP contribution in [0.4, 0.5) is 5.69 Å². The number of ether oxygens (including phenoxy) is 2. The van der Waals surface area contributed by atoms with Crippen LogP contribution in [0, 0.1) is 0 Å². The van der Waals surface area contributed by atoms with Gasteiger partial charge < -0.3 is 14.4 Å². The lowest BCUT2D eigenvalue weighted by Gasteiger charge is -2.14. The summed E-state index contributed by atoms with van der Waals surface area (Å²) in [6.07, 6.45) is 1.94. The molecule has 5 rings (SSSR count). The zero-order valence-corrected chi connectivity index (χ0v) is 19.5. The Morgan fingerprint density at radius 2 is 1.62 bits per heavy atom. The maximum absolute atomic E-state index is 13.0. The molecular formula is C30H27NO3. The maximum Gasteiger partial charge on any atom is 0.258 e. The van der Waals surface area contributed by atoms with Crippen molar-refractivity contribution in [1.29, 1.82) is 0 Å². The molecule has 1 aliphatic heterocycles. The highest BCUT2D eigenvalue weighted by molar-refractivity contribution is 6.35. The standard InChI is InChI=1S/C30H27NO3/c1-3-31-27-15-8-7-14-25(27)26(30(31)32)18-21-16-17-28(29(19-21)33-4-2)34-20-23-12-9-11-22-10-5-6-13-24(22)23/h5-19H,3-4,20H2,1-2H3/b26-18-. The van der Waals surface area contributed by atoms with Crippen molar-refractivity contribution in [2.24, 2.45) is 0 Å². The van der Waals surface area contributed by atoms with Gasteiger partial charge in [0.2, 0.25) is 0 Å². The average Bonchev–Trinajstić information content (AvgIpc) is 3.14. The molecule has 1 heterocycles. The minimum Gasteiger partial charge on any atom is -0.490 e. The van der Waals surface area contributed by atoms with Crippen molar-refractivity contribution in [3.8, 4) is 11.5 Å². The summed E-state index contributed by atoms with van der Waals surface area (Å²) in [5.41, 5.74) is 4.64. The largest absolute Gasteiger partial charge is 0.490 e. The summed E-state index contributed by atoms with van der Waals surface area (Å²) in [6, 6.07) is 28.3. The van der Waals surface area contributed by atoms with Crippen molar-refractivity contribution in [1.82, 2.24) is 0 Å². The second-order valence-electron chi connectivity index (χ2n) is 8.19. The molecule has 0 saturated heterocycles. The number of carbonyl (C=O) groups is 1. The molecule has 0 spiro atoms. The fourth-order valence-electron chi connectivity index (χ4n) is 4.50. The van der Waals surface area contributed by atoms with E-state index in [2.05, 4.69) is 30.3 Å². The third-order valence-corrected chi connectivity index (χ3v) is 6.12. The Morgan fingerprint density at radius 1 is 0.824 bits per heavy atom. The number of nitrogens with zero attached hydrogens (tertiary/aromatic N) is 1. The van der Waals surface area contributed by atoms with E-state index in [1.165, 1.54) is 10.8 Å². The third-order valence-electron chi connectivity index (χ3n) is 6.12. The van der Waals surface area contributed by atoms with Gasteiger partial charge in [-0.1, -0.05) is 66.7 Å². The van der Waals surface area contributed by atoms with Gasteiger partial charge in [0.25, 0.3) is 5.91 Å². The molecule has 0 saturated carbocycles. The Morgan fingerprint density at radius 3 is 2.47 bits per heavy atom. The van der Waals surface area contributed by atoms with Gasteiger partial charge >= 0.3 is 0 Å². The molecule has 0 fully saturated rings. The van der Waals surface area contributed by atoms with Crippen molar-refractivity contribution < 1.29 is 14.3 Å². The molecular weight excluding hydrogens is 422 g/mol. The van der Waals surface area contributed by atoms with E-state index >= 15 is 0 Å². The van der Waals surface area contributed by atoms with Crippen LogP contribution in [0.1, 0.15) is 30.5 Å². The van der Waals surface area contributed by atoms with Crippen LogP contribution in [0.5, 0.6) is 11.5 Å². The highest BCUT2D eigenvalue weighted by atomic mass is 16.5. The summed E-state index contributed by atoms with van der Waals surface area (Å²) in [6.45, 7) is 5.55. The Kier molecular flexibility index (Phi) is 6.05. The van der Waals surface area contributed by atoms with Crippen molar-refractivity contribution >= 4 is 34.0 Å². The first kappa shape index (κ1) is 21.8. The number of para-hydroxylation sites is 1. The molecule has 4 aromatic carbocycles. The molecule has 1 aliphatic rings. The van der Waals surface area contributed by atoms with Crippen LogP contribution >= 0.6 is 0 Å². The molecule has 170 valence electrons. The highest BCUT2D eigenvalue weighted by Crippen LogP contribution is 2.38. The second kappa shape index (κ2) is 9.44. The summed E-state index contributed by atoms with van der Waals surface area (Å²) in [4.78, 5) is 14.9. The van der Waals surface area contributed by atoms with Crippen LogP contribution in [0.2, 0.25) is 0 Å². The molecule has 0 atom stereocenters. The van der Waals surface area contributed by atoms with Crippen LogP contribution < -0.4 is 14.4 Å². The van der Waals surface area contributed by atoms with E-state index in [1.54, 1.807) is 0 Å². The topological polar surface area (TPSA) is 38.8 Å². The van der Waals surface area contributed by atoms with Gasteiger partial charge in [-0.2, -0.15) is 0 Å². The van der Waals surface area contributed by atoms with Gasteiger partial charge in [-0.15, -0.1) is 0 Å². The number of carbonyl (C=O) groups excluding carboxylic acids is 1. The smallest absolute Gasteiger partial charge is 0.258 e. The first-order valence-electron chi connectivity index (χ1n) is 11.7. The summed E-state index contributed by atoms with van der Waals surface area (Å²) in [7, 11) is 0. The first-order valence-corrected chi connectivity index (χ1v) is 11.7. The Bertz CT molecular complexity index is 1380. The minimum absolute atomic E-state index is 0.0259. The number of hydrogen-bond acceptors (Lipinski definition) is 3. The zero-order chi connectivity index (χ0) is 23.5. The fraction of sp³-hybridized carbons (Fsp3) is 0.167. The van der Waals surface area contributed by atoms with Gasteiger partial charge in [0.15, 0.2) is 11.5 Å². The minimum atomic E-state index is 0.0259. The van der Waals surface area contributed by atoms with Crippen molar-refractivity contribution in [2.45, 2.75) is 20.5 Å². The van der Waals surface area contributed by atoms with Gasteiger partial charge in [-0.3, -0.25) is 4.79 Å². The fourth-order valence-corrected chi connectivity index (χ4v) is 4.50. The van der Waals surface area contributed by atoms with Crippen LogP contribution in [0.25, 0.3) is 22.4 Å². The molecule has 0 unspecified atom stereocenters. The molecule has 0 radical (unpaired) electrons. The number of hydrogen-bond donors (Lipinski definition) is 0. The van der Waals surface area contributed by atoms with E-state index in [-0.39, 0.29) is 5.91 Å². The zero-order valence-electron chi connectivity index (χ0n) is 19.5. The quantitative estimate of drug-likeness (QED) is 0.294. The molecule has 0 N–H and O–H groups in total. The predicted molar refractivity (Wildman–Crippen MR) is 138 cm³/mol. The number of rotatable bonds is 7. The third kappa shape index (κ3) is 4.03. The van der Waals surface area contributed by atoms with Gasteiger partial charge in [-0.05, 0) is 60.0 Å². The van der Waals surface area contributed by atoms with Crippen LogP contribution in [0.15, 0.2) is 84.9 Å². The second-order valence-corrected chi connectivity index (χ2v) is 8.19. The van der Waals surface area contributed by atoms with E-state index in [0.29, 0.717) is 36.8 Å². The molecule has 0 aliphatic carbocycles. The van der Waals surface area contributed by atoms with Gasteiger partial charge in [-0.25, -0.2) is 0 Å². The Hall–Kier alpha value is -4.05. The lowest BCUT2D eigenvalue weighted by atomic mass is 10.0.